The highest BCUT2D eigenvalue weighted by atomic mass is 127. The summed E-state index contributed by atoms with van der Waals surface area (Å²) in [7, 11) is 0. The van der Waals surface area contributed by atoms with Gasteiger partial charge in [-0.15, -0.1) is 11.3 Å². The number of thiophene rings is 1. The first-order valence-electron chi connectivity index (χ1n) is 4.83. The van der Waals surface area contributed by atoms with E-state index in [0.29, 0.717) is 9.21 Å². The van der Waals surface area contributed by atoms with Crippen LogP contribution < -0.4 is 5.32 Å². The summed E-state index contributed by atoms with van der Waals surface area (Å²) in [6.45, 7) is 0.755. The molecule has 0 aliphatic rings. The van der Waals surface area contributed by atoms with Crippen molar-refractivity contribution in [2.24, 2.45) is 0 Å². The van der Waals surface area contributed by atoms with Gasteiger partial charge in [0.2, 0.25) is 0 Å². The quantitative estimate of drug-likeness (QED) is 0.469. The van der Waals surface area contributed by atoms with Crippen LogP contribution in [0.3, 0.4) is 0 Å². The highest BCUT2D eigenvalue weighted by Gasteiger charge is 2.06. The molecule has 0 fully saturated rings. The zero-order chi connectivity index (χ0) is 11.1. The number of hydrogen-bond donors (Lipinski definition) is 1. The molecule has 0 saturated carbocycles. The molecule has 5 heteroatoms. The van der Waals surface area contributed by atoms with Crippen LogP contribution in [0.4, 0.5) is 0 Å². The van der Waals surface area contributed by atoms with E-state index >= 15 is 0 Å². The Labute approximate surface area is 113 Å². The Hall–Kier alpha value is 0.190. The number of hydrogen-bond acceptors (Lipinski definition) is 2. The molecule has 0 bridgehead atoms. The van der Waals surface area contributed by atoms with Gasteiger partial charge >= 0.3 is 0 Å². The Morgan fingerprint density at radius 3 is 2.80 bits per heavy atom. The fraction of sp³-hybridized carbons (Fsp3) is 0.500. The number of carbonyl (C=O) groups is 1. The number of rotatable bonds is 6. The zero-order valence-corrected chi connectivity index (χ0v) is 12.0. The van der Waals surface area contributed by atoms with Crippen LogP contribution in [0.1, 0.15) is 28.9 Å². The Morgan fingerprint density at radius 1 is 1.40 bits per heavy atom. The fourth-order valence-corrected chi connectivity index (χ4v) is 2.62. The van der Waals surface area contributed by atoms with Crippen molar-refractivity contribution < 1.29 is 4.79 Å². The molecule has 84 valence electrons. The third-order valence-corrected chi connectivity index (χ3v) is 3.89. The van der Waals surface area contributed by atoms with Gasteiger partial charge in [-0.1, -0.05) is 40.6 Å². The molecule has 1 amide bonds. The van der Waals surface area contributed by atoms with Gasteiger partial charge in [-0.05, 0) is 29.4 Å². The molecule has 0 aliphatic heterocycles. The molecule has 1 rings (SSSR count). The van der Waals surface area contributed by atoms with E-state index in [1.807, 2.05) is 0 Å². The van der Waals surface area contributed by atoms with E-state index in [1.54, 1.807) is 12.1 Å². The lowest BCUT2D eigenvalue weighted by Crippen LogP contribution is -2.23. The van der Waals surface area contributed by atoms with E-state index in [-0.39, 0.29) is 5.91 Å². The molecule has 0 spiro atoms. The number of amides is 1. The summed E-state index contributed by atoms with van der Waals surface area (Å²) >= 11 is 9.43. The number of alkyl halides is 1. The van der Waals surface area contributed by atoms with E-state index in [1.165, 1.54) is 28.6 Å². The number of nitrogens with one attached hydrogen (secondary N) is 1. The molecule has 1 N–H and O–H groups in total. The lowest BCUT2D eigenvalue weighted by Gasteiger charge is -2.02. The normalized spacial score (nSPS) is 10.3. The minimum absolute atomic E-state index is 0.0126. The monoisotopic (exact) mass is 357 g/mol. The molecule has 0 unspecified atom stereocenters. The summed E-state index contributed by atoms with van der Waals surface area (Å²) in [6.07, 6.45) is 3.45. The molecule has 1 aromatic heterocycles. The summed E-state index contributed by atoms with van der Waals surface area (Å²) < 4.78 is 1.84. The standard InChI is InChI=1S/C10H13ClINOS/c11-9-5-4-8(15-9)10(14)13-7-3-1-2-6-12/h4-5H,1-3,6-7H2,(H,13,14). The number of halogens is 2. The summed E-state index contributed by atoms with van der Waals surface area (Å²) in [5.41, 5.74) is 0. The molecule has 0 atom stereocenters. The first-order chi connectivity index (χ1) is 7.24. The Morgan fingerprint density at radius 2 is 2.20 bits per heavy atom. The van der Waals surface area contributed by atoms with Gasteiger partial charge in [0.1, 0.15) is 0 Å². The van der Waals surface area contributed by atoms with E-state index in [2.05, 4.69) is 27.9 Å². The second-order valence-corrected chi connectivity index (χ2v) is 5.90. The minimum atomic E-state index is -0.0126. The van der Waals surface area contributed by atoms with E-state index in [4.69, 9.17) is 11.6 Å². The largest absolute Gasteiger partial charge is 0.351 e. The molecule has 1 aromatic rings. The van der Waals surface area contributed by atoms with Gasteiger partial charge in [0.05, 0.1) is 9.21 Å². The minimum Gasteiger partial charge on any atom is -0.351 e. The van der Waals surface area contributed by atoms with Crippen LogP contribution >= 0.6 is 45.5 Å². The smallest absolute Gasteiger partial charge is 0.261 e. The van der Waals surface area contributed by atoms with Crippen molar-refractivity contribution in [3.8, 4) is 0 Å². The lowest BCUT2D eigenvalue weighted by atomic mass is 10.2. The van der Waals surface area contributed by atoms with Gasteiger partial charge in [-0.25, -0.2) is 0 Å². The van der Waals surface area contributed by atoms with Gasteiger partial charge in [0.15, 0.2) is 0 Å². The molecule has 15 heavy (non-hydrogen) atoms. The van der Waals surface area contributed by atoms with Crippen molar-refractivity contribution in [3.63, 3.8) is 0 Å². The van der Waals surface area contributed by atoms with Crippen LogP contribution in [0.5, 0.6) is 0 Å². The molecular formula is C10H13ClINOS. The van der Waals surface area contributed by atoms with Crippen LogP contribution in [0, 0.1) is 0 Å². The average molecular weight is 358 g/mol. The molecule has 2 nitrogen and oxygen atoms in total. The van der Waals surface area contributed by atoms with Crippen molar-refractivity contribution in [2.45, 2.75) is 19.3 Å². The van der Waals surface area contributed by atoms with Crippen molar-refractivity contribution in [1.29, 1.82) is 0 Å². The van der Waals surface area contributed by atoms with Crippen molar-refractivity contribution in [1.82, 2.24) is 5.32 Å². The second kappa shape index (κ2) is 7.46. The number of unbranched alkanes of at least 4 members (excludes halogenated alkanes) is 2. The Balaban J connectivity index is 2.19. The van der Waals surface area contributed by atoms with Gasteiger partial charge in [-0.2, -0.15) is 0 Å². The Bertz CT molecular complexity index is 316. The lowest BCUT2D eigenvalue weighted by molar-refractivity contribution is 0.0957. The summed E-state index contributed by atoms with van der Waals surface area (Å²) in [5.74, 6) is -0.0126. The van der Waals surface area contributed by atoms with Crippen LogP contribution in [-0.2, 0) is 0 Å². The molecule has 1 heterocycles. The fourth-order valence-electron chi connectivity index (χ4n) is 1.12. The molecule has 0 radical (unpaired) electrons. The topological polar surface area (TPSA) is 29.1 Å². The molecular weight excluding hydrogens is 345 g/mol. The predicted octanol–water partition coefficient (Wildman–Crippen LogP) is 3.74. The van der Waals surface area contributed by atoms with Gasteiger partial charge in [0.25, 0.3) is 5.91 Å². The predicted molar refractivity (Wildman–Crippen MR) is 74.4 cm³/mol. The maximum absolute atomic E-state index is 11.5. The van der Waals surface area contributed by atoms with Gasteiger partial charge in [0, 0.05) is 6.54 Å². The third kappa shape index (κ3) is 5.17. The van der Waals surface area contributed by atoms with Gasteiger partial charge < -0.3 is 5.32 Å². The third-order valence-electron chi connectivity index (χ3n) is 1.89. The van der Waals surface area contributed by atoms with Crippen LogP contribution in [0.2, 0.25) is 4.34 Å². The maximum Gasteiger partial charge on any atom is 0.261 e. The highest BCUT2D eigenvalue weighted by Crippen LogP contribution is 2.20. The summed E-state index contributed by atoms with van der Waals surface area (Å²) in [6, 6.07) is 3.50. The maximum atomic E-state index is 11.5. The van der Waals surface area contributed by atoms with Crippen molar-refractivity contribution in [3.05, 3.63) is 21.3 Å². The molecule has 0 aliphatic carbocycles. The van der Waals surface area contributed by atoms with E-state index in [9.17, 15) is 4.79 Å². The van der Waals surface area contributed by atoms with Crippen molar-refractivity contribution in [2.75, 3.05) is 11.0 Å². The van der Waals surface area contributed by atoms with E-state index in [0.717, 1.165) is 13.0 Å². The highest BCUT2D eigenvalue weighted by molar-refractivity contribution is 14.1. The summed E-state index contributed by atoms with van der Waals surface area (Å²) in [5, 5.41) is 2.88. The number of carbonyl (C=O) groups excluding carboxylic acids is 1. The van der Waals surface area contributed by atoms with Crippen LogP contribution in [0.25, 0.3) is 0 Å². The average Bonchev–Trinajstić information content (AvgIpc) is 2.64. The molecule has 0 saturated heterocycles. The second-order valence-electron chi connectivity index (χ2n) is 3.11. The Kier molecular flexibility index (Phi) is 6.59. The van der Waals surface area contributed by atoms with Gasteiger partial charge in [-0.3, -0.25) is 4.79 Å². The van der Waals surface area contributed by atoms with Crippen LogP contribution in [-0.4, -0.2) is 16.9 Å². The molecule has 0 aromatic carbocycles. The van der Waals surface area contributed by atoms with Crippen molar-refractivity contribution >= 4 is 51.4 Å². The first kappa shape index (κ1) is 13.3. The SMILES string of the molecule is O=C(NCCCCCI)c1ccc(Cl)s1. The summed E-state index contributed by atoms with van der Waals surface area (Å²) in [4.78, 5) is 12.2. The zero-order valence-electron chi connectivity index (χ0n) is 8.26. The van der Waals surface area contributed by atoms with E-state index < -0.39 is 0 Å². The van der Waals surface area contributed by atoms with Crippen LogP contribution in [0.15, 0.2) is 12.1 Å². The first-order valence-corrected chi connectivity index (χ1v) is 7.55.